The third kappa shape index (κ3) is 3.93. The Balaban J connectivity index is 1.80. The number of rotatable bonds is 4. The van der Waals surface area contributed by atoms with E-state index in [1.807, 2.05) is 0 Å². The molecular formula is C15H27NO3. The third-order valence-electron chi connectivity index (χ3n) is 4.81. The zero-order chi connectivity index (χ0) is 13.9. The molecule has 1 saturated carbocycles. The molecule has 4 nitrogen and oxygen atoms in total. The first-order valence-electron chi connectivity index (χ1n) is 7.56. The van der Waals surface area contributed by atoms with Crippen molar-refractivity contribution in [3.8, 4) is 0 Å². The van der Waals surface area contributed by atoms with Crippen LogP contribution in [0.2, 0.25) is 0 Å². The second-order valence-corrected chi connectivity index (χ2v) is 6.69. The van der Waals surface area contributed by atoms with Crippen molar-refractivity contribution < 1.29 is 14.6 Å². The van der Waals surface area contributed by atoms with Crippen molar-refractivity contribution in [1.82, 2.24) is 4.90 Å². The molecule has 0 radical (unpaired) electrons. The molecule has 2 aliphatic rings. The molecule has 1 atom stereocenters. The van der Waals surface area contributed by atoms with Crippen molar-refractivity contribution in [2.75, 3.05) is 19.7 Å². The zero-order valence-electron chi connectivity index (χ0n) is 12.2. The zero-order valence-corrected chi connectivity index (χ0v) is 12.2. The lowest BCUT2D eigenvalue weighted by Crippen LogP contribution is -2.51. The Labute approximate surface area is 116 Å². The van der Waals surface area contributed by atoms with E-state index in [-0.39, 0.29) is 12.7 Å². The quantitative estimate of drug-likeness (QED) is 0.852. The number of carboxylic acids is 1. The highest BCUT2D eigenvalue weighted by atomic mass is 16.5. The molecule has 19 heavy (non-hydrogen) atoms. The van der Waals surface area contributed by atoms with Gasteiger partial charge in [0.15, 0.2) is 0 Å². The normalized spacial score (nSPS) is 29.3. The van der Waals surface area contributed by atoms with Crippen LogP contribution in [0.3, 0.4) is 0 Å². The first-order chi connectivity index (χ1) is 8.99. The van der Waals surface area contributed by atoms with Gasteiger partial charge in [-0.3, -0.25) is 4.90 Å². The number of piperidine rings is 1. The SMILES string of the molecule is CC1(C)CCCCC1N1CCC(OCC(=O)O)CC1. The molecule has 0 aromatic rings. The van der Waals surface area contributed by atoms with Gasteiger partial charge in [0.25, 0.3) is 0 Å². The summed E-state index contributed by atoms with van der Waals surface area (Å²) in [4.78, 5) is 13.1. The fourth-order valence-electron chi connectivity index (χ4n) is 3.70. The number of ether oxygens (including phenoxy) is 1. The third-order valence-corrected chi connectivity index (χ3v) is 4.81. The maximum atomic E-state index is 10.5. The molecule has 0 aromatic heterocycles. The first kappa shape index (κ1) is 14.8. The molecule has 1 N–H and O–H groups in total. The Morgan fingerprint density at radius 1 is 1.26 bits per heavy atom. The molecule has 0 spiro atoms. The Kier molecular flexibility index (Phi) is 4.85. The van der Waals surface area contributed by atoms with Crippen LogP contribution in [0.25, 0.3) is 0 Å². The molecule has 1 saturated heterocycles. The average Bonchev–Trinajstić information content (AvgIpc) is 2.37. The Hall–Kier alpha value is -0.610. The first-order valence-corrected chi connectivity index (χ1v) is 7.56. The topological polar surface area (TPSA) is 49.8 Å². The number of hydrogen-bond acceptors (Lipinski definition) is 3. The summed E-state index contributed by atoms with van der Waals surface area (Å²) in [7, 11) is 0. The van der Waals surface area contributed by atoms with Crippen molar-refractivity contribution in [1.29, 1.82) is 0 Å². The lowest BCUT2D eigenvalue weighted by atomic mass is 9.72. The van der Waals surface area contributed by atoms with Crippen LogP contribution in [0.1, 0.15) is 52.4 Å². The molecule has 0 aromatic carbocycles. The standard InChI is InChI=1S/C15H27NO3/c1-15(2)8-4-3-5-13(15)16-9-6-12(7-10-16)19-11-14(17)18/h12-13H,3-11H2,1-2H3,(H,17,18). The van der Waals surface area contributed by atoms with Gasteiger partial charge in [-0.25, -0.2) is 4.79 Å². The average molecular weight is 269 g/mol. The maximum Gasteiger partial charge on any atom is 0.329 e. The monoisotopic (exact) mass is 269 g/mol. The Bertz CT molecular complexity index is 309. The molecule has 1 aliphatic heterocycles. The number of carbonyl (C=O) groups is 1. The molecule has 110 valence electrons. The lowest BCUT2D eigenvalue weighted by Gasteiger charge is -2.47. The minimum atomic E-state index is -0.865. The van der Waals surface area contributed by atoms with Crippen molar-refractivity contribution >= 4 is 5.97 Å². The Morgan fingerprint density at radius 2 is 1.95 bits per heavy atom. The molecule has 0 bridgehead atoms. The van der Waals surface area contributed by atoms with Crippen molar-refractivity contribution in [2.45, 2.75) is 64.5 Å². The van der Waals surface area contributed by atoms with Crippen LogP contribution in [0.5, 0.6) is 0 Å². The van der Waals surface area contributed by atoms with Gasteiger partial charge >= 0.3 is 5.97 Å². The molecule has 1 unspecified atom stereocenters. The Morgan fingerprint density at radius 3 is 2.53 bits per heavy atom. The molecule has 4 heteroatoms. The van der Waals surface area contributed by atoms with E-state index in [0.717, 1.165) is 25.9 Å². The van der Waals surface area contributed by atoms with Crippen LogP contribution in [-0.4, -0.2) is 47.8 Å². The van der Waals surface area contributed by atoms with Crippen LogP contribution >= 0.6 is 0 Å². The summed E-state index contributed by atoms with van der Waals surface area (Å²) in [5.41, 5.74) is 0.424. The number of hydrogen-bond donors (Lipinski definition) is 1. The molecule has 0 amide bonds. The summed E-state index contributed by atoms with van der Waals surface area (Å²) in [5.74, 6) is -0.865. The fraction of sp³-hybridized carbons (Fsp3) is 0.933. The van der Waals surface area contributed by atoms with Gasteiger partial charge in [0.2, 0.25) is 0 Å². The summed E-state index contributed by atoms with van der Waals surface area (Å²) in [6, 6.07) is 0.696. The predicted octanol–water partition coefficient (Wildman–Crippen LogP) is 2.52. The van der Waals surface area contributed by atoms with Crippen LogP contribution < -0.4 is 0 Å². The largest absolute Gasteiger partial charge is 0.480 e. The van der Waals surface area contributed by atoms with Gasteiger partial charge in [-0.15, -0.1) is 0 Å². The summed E-state index contributed by atoms with van der Waals surface area (Å²) >= 11 is 0. The lowest BCUT2D eigenvalue weighted by molar-refractivity contribution is -0.145. The van der Waals surface area contributed by atoms with E-state index in [0.29, 0.717) is 11.5 Å². The van der Waals surface area contributed by atoms with Crippen LogP contribution in [0.15, 0.2) is 0 Å². The summed E-state index contributed by atoms with van der Waals surface area (Å²) in [5, 5.41) is 8.63. The number of carboxylic acid groups (broad SMARTS) is 1. The fourth-order valence-corrected chi connectivity index (χ4v) is 3.70. The van der Waals surface area contributed by atoms with Gasteiger partial charge in [-0.2, -0.15) is 0 Å². The number of nitrogens with zero attached hydrogens (tertiary/aromatic N) is 1. The summed E-state index contributed by atoms with van der Waals surface area (Å²) in [6.07, 6.45) is 7.44. The molecule has 1 heterocycles. The van der Waals surface area contributed by atoms with Crippen molar-refractivity contribution in [3.05, 3.63) is 0 Å². The molecule has 2 fully saturated rings. The van der Waals surface area contributed by atoms with Crippen LogP contribution in [0, 0.1) is 5.41 Å². The summed E-state index contributed by atoms with van der Waals surface area (Å²) in [6.45, 7) is 6.74. The second-order valence-electron chi connectivity index (χ2n) is 6.69. The summed E-state index contributed by atoms with van der Waals surface area (Å²) < 4.78 is 5.41. The van der Waals surface area contributed by atoms with Gasteiger partial charge in [0.1, 0.15) is 6.61 Å². The van der Waals surface area contributed by atoms with E-state index in [1.54, 1.807) is 0 Å². The van der Waals surface area contributed by atoms with Crippen LogP contribution in [0.4, 0.5) is 0 Å². The minimum Gasteiger partial charge on any atom is -0.480 e. The smallest absolute Gasteiger partial charge is 0.329 e. The van der Waals surface area contributed by atoms with Crippen molar-refractivity contribution in [3.63, 3.8) is 0 Å². The minimum absolute atomic E-state index is 0.138. The van der Waals surface area contributed by atoms with E-state index in [4.69, 9.17) is 9.84 Å². The number of likely N-dealkylation sites (tertiary alicyclic amines) is 1. The van der Waals surface area contributed by atoms with Gasteiger partial charge in [-0.05, 0) is 31.1 Å². The highest BCUT2D eigenvalue weighted by Gasteiger charge is 2.37. The van der Waals surface area contributed by atoms with Gasteiger partial charge < -0.3 is 9.84 Å². The van der Waals surface area contributed by atoms with Crippen LogP contribution in [-0.2, 0) is 9.53 Å². The van der Waals surface area contributed by atoms with E-state index < -0.39 is 5.97 Å². The van der Waals surface area contributed by atoms with E-state index in [1.165, 1.54) is 25.7 Å². The van der Waals surface area contributed by atoms with E-state index >= 15 is 0 Å². The van der Waals surface area contributed by atoms with Gasteiger partial charge in [-0.1, -0.05) is 26.7 Å². The highest BCUT2D eigenvalue weighted by molar-refractivity contribution is 5.68. The second kappa shape index (κ2) is 6.23. The van der Waals surface area contributed by atoms with Gasteiger partial charge in [0, 0.05) is 19.1 Å². The van der Waals surface area contributed by atoms with Crippen molar-refractivity contribution in [2.24, 2.45) is 5.41 Å². The molecular weight excluding hydrogens is 242 g/mol. The molecule has 2 rings (SSSR count). The molecule has 1 aliphatic carbocycles. The maximum absolute atomic E-state index is 10.5. The number of aliphatic carboxylic acids is 1. The van der Waals surface area contributed by atoms with E-state index in [9.17, 15) is 4.79 Å². The van der Waals surface area contributed by atoms with Gasteiger partial charge in [0.05, 0.1) is 6.10 Å². The van der Waals surface area contributed by atoms with E-state index in [2.05, 4.69) is 18.7 Å². The highest BCUT2D eigenvalue weighted by Crippen LogP contribution is 2.39. The predicted molar refractivity (Wildman–Crippen MR) is 74.2 cm³/mol.